The first-order valence-corrected chi connectivity index (χ1v) is 13.0. The summed E-state index contributed by atoms with van der Waals surface area (Å²) in [5.74, 6) is -2.18. The van der Waals surface area contributed by atoms with Gasteiger partial charge in [0.25, 0.3) is 0 Å². The van der Waals surface area contributed by atoms with Crippen molar-refractivity contribution in [1.82, 2.24) is 19.9 Å². The van der Waals surface area contributed by atoms with Gasteiger partial charge in [0.05, 0.1) is 30.8 Å². The van der Waals surface area contributed by atoms with E-state index in [0.29, 0.717) is 16.7 Å². The SMILES string of the molecule is COc1cc(-c2c(F)ccc(NS(=O)(=O)CCCF)c2F)cc2c(N)nc(-c3cnc4[nH]ccc4c3)nc12. The van der Waals surface area contributed by atoms with Gasteiger partial charge in [-0.05, 0) is 48.4 Å². The van der Waals surface area contributed by atoms with E-state index in [9.17, 15) is 17.2 Å². The zero-order valence-corrected chi connectivity index (χ0v) is 20.7. The van der Waals surface area contributed by atoms with Crippen LogP contribution in [0.25, 0.3) is 44.5 Å². The lowest BCUT2D eigenvalue weighted by Crippen LogP contribution is -2.18. The van der Waals surface area contributed by atoms with Crippen LogP contribution >= 0.6 is 0 Å². The summed E-state index contributed by atoms with van der Waals surface area (Å²) >= 11 is 0. The summed E-state index contributed by atoms with van der Waals surface area (Å²) in [5.41, 5.74) is 6.88. The first-order valence-electron chi connectivity index (χ1n) is 11.3. The highest BCUT2D eigenvalue weighted by Crippen LogP contribution is 2.38. The molecule has 0 fully saturated rings. The Bertz CT molecular complexity index is 1790. The van der Waals surface area contributed by atoms with Crippen molar-refractivity contribution in [3.8, 4) is 28.3 Å². The van der Waals surface area contributed by atoms with E-state index >= 15 is 4.39 Å². The molecular formula is C25H21F3N6O3S. The molecule has 0 aliphatic rings. The number of anilines is 2. The second kappa shape index (κ2) is 9.82. The Balaban J connectivity index is 1.62. The fourth-order valence-corrected chi connectivity index (χ4v) is 5.16. The number of methoxy groups -OCH3 is 1. The van der Waals surface area contributed by atoms with E-state index in [0.717, 1.165) is 17.5 Å². The lowest BCUT2D eigenvalue weighted by Gasteiger charge is -2.15. The third kappa shape index (κ3) is 4.67. The molecule has 0 atom stereocenters. The molecule has 5 aromatic rings. The predicted molar refractivity (Wildman–Crippen MR) is 139 cm³/mol. The predicted octanol–water partition coefficient (Wildman–Crippen LogP) is 4.81. The lowest BCUT2D eigenvalue weighted by molar-refractivity contribution is 0.419. The van der Waals surface area contributed by atoms with Crippen molar-refractivity contribution in [2.75, 3.05) is 30.0 Å². The molecule has 0 aliphatic heterocycles. The quantitative estimate of drug-likeness (QED) is 0.256. The van der Waals surface area contributed by atoms with Crippen molar-refractivity contribution in [1.29, 1.82) is 0 Å². The van der Waals surface area contributed by atoms with Crippen molar-refractivity contribution in [2.24, 2.45) is 0 Å². The molecule has 13 heteroatoms. The van der Waals surface area contributed by atoms with Crippen LogP contribution in [0.1, 0.15) is 6.42 Å². The molecule has 0 unspecified atom stereocenters. The Morgan fingerprint density at radius 2 is 1.92 bits per heavy atom. The third-order valence-electron chi connectivity index (χ3n) is 5.87. The minimum atomic E-state index is -4.05. The summed E-state index contributed by atoms with van der Waals surface area (Å²) < 4.78 is 74.6. The molecule has 38 heavy (non-hydrogen) atoms. The van der Waals surface area contributed by atoms with Crippen LogP contribution in [0.4, 0.5) is 24.7 Å². The van der Waals surface area contributed by atoms with E-state index in [4.69, 9.17) is 10.5 Å². The number of fused-ring (bicyclic) bond motifs is 2. The average molecular weight is 543 g/mol. The number of alkyl halides is 1. The van der Waals surface area contributed by atoms with Gasteiger partial charge in [0.15, 0.2) is 11.6 Å². The number of nitrogens with zero attached hydrogens (tertiary/aromatic N) is 3. The van der Waals surface area contributed by atoms with E-state index in [-0.39, 0.29) is 34.8 Å². The monoisotopic (exact) mass is 542 g/mol. The van der Waals surface area contributed by atoms with Gasteiger partial charge in [-0.3, -0.25) is 9.11 Å². The second-order valence-electron chi connectivity index (χ2n) is 8.39. The van der Waals surface area contributed by atoms with Crippen LogP contribution in [-0.4, -0.2) is 47.9 Å². The van der Waals surface area contributed by atoms with Crippen LogP contribution in [0.15, 0.2) is 48.8 Å². The Labute approximate surface area is 214 Å². The molecule has 3 aromatic heterocycles. The number of aromatic nitrogens is 4. The van der Waals surface area contributed by atoms with Crippen LogP contribution in [0.5, 0.6) is 5.75 Å². The number of sulfonamides is 1. The number of pyridine rings is 1. The molecule has 0 aliphatic carbocycles. The zero-order chi connectivity index (χ0) is 27.0. The van der Waals surface area contributed by atoms with Crippen molar-refractivity contribution in [2.45, 2.75) is 6.42 Å². The average Bonchev–Trinajstić information content (AvgIpc) is 3.37. The Hall–Kier alpha value is -4.39. The number of nitrogens with two attached hydrogens (primary N) is 1. The maximum Gasteiger partial charge on any atom is 0.232 e. The van der Waals surface area contributed by atoms with Gasteiger partial charge in [0, 0.05) is 28.7 Å². The maximum absolute atomic E-state index is 15.4. The van der Waals surface area contributed by atoms with Gasteiger partial charge >= 0.3 is 0 Å². The second-order valence-corrected chi connectivity index (χ2v) is 10.2. The normalized spacial score (nSPS) is 11.8. The van der Waals surface area contributed by atoms with Crippen LogP contribution in [0, 0.1) is 11.6 Å². The summed E-state index contributed by atoms with van der Waals surface area (Å²) in [7, 11) is -2.68. The first-order chi connectivity index (χ1) is 18.2. The summed E-state index contributed by atoms with van der Waals surface area (Å²) in [6.45, 7) is -0.850. The third-order valence-corrected chi connectivity index (χ3v) is 7.22. The highest BCUT2D eigenvalue weighted by molar-refractivity contribution is 7.92. The number of aromatic amines is 1. The molecule has 0 radical (unpaired) electrons. The van der Waals surface area contributed by atoms with Crippen molar-refractivity contribution in [3.05, 3.63) is 60.4 Å². The number of nitrogens with one attached hydrogen (secondary N) is 2. The molecule has 5 rings (SSSR count). The van der Waals surface area contributed by atoms with Gasteiger partial charge in [-0.25, -0.2) is 32.2 Å². The summed E-state index contributed by atoms with van der Waals surface area (Å²) in [6.07, 6.45) is 3.08. The topological polar surface area (TPSA) is 136 Å². The number of benzene rings is 2. The smallest absolute Gasteiger partial charge is 0.232 e. The van der Waals surface area contributed by atoms with Crippen LogP contribution in [0.2, 0.25) is 0 Å². The van der Waals surface area contributed by atoms with Crippen molar-refractivity contribution >= 4 is 43.5 Å². The van der Waals surface area contributed by atoms with Crippen molar-refractivity contribution < 1.29 is 26.3 Å². The lowest BCUT2D eigenvalue weighted by atomic mass is 10.0. The molecule has 0 saturated heterocycles. The number of H-pyrrole nitrogens is 1. The van der Waals surface area contributed by atoms with E-state index in [1.807, 2.05) is 16.9 Å². The first kappa shape index (κ1) is 25.3. The summed E-state index contributed by atoms with van der Waals surface area (Å²) in [4.78, 5) is 16.3. The van der Waals surface area contributed by atoms with Crippen LogP contribution < -0.4 is 15.2 Å². The molecule has 0 spiro atoms. The van der Waals surface area contributed by atoms with Gasteiger partial charge < -0.3 is 15.5 Å². The number of halogens is 3. The fourth-order valence-electron chi connectivity index (χ4n) is 4.07. The molecule has 2 aromatic carbocycles. The van der Waals surface area contributed by atoms with E-state index < -0.39 is 45.3 Å². The van der Waals surface area contributed by atoms with Crippen LogP contribution in [-0.2, 0) is 10.0 Å². The largest absolute Gasteiger partial charge is 0.494 e. The Kier molecular flexibility index (Phi) is 6.53. The van der Waals surface area contributed by atoms with Gasteiger partial charge in [-0.15, -0.1) is 0 Å². The molecule has 0 saturated carbocycles. The fraction of sp³-hybridized carbons (Fsp3) is 0.160. The minimum Gasteiger partial charge on any atom is -0.494 e. The number of nitrogen functional groups attached to an aromatic ring is 1. The molecule has 9 nitrogen and oxygen atoms in total. The van der Waals surface area contributed by atoms with Gasteiger partial charge in [0.2, 0.25) is 10.0 Å². The number of hydrogen-bond donors (Lipinski definition) is 3. The number of rotatable bonds is 8. The molecule has 4 N–H and O–H groups in total. The molecule has 0 bridgehead atoms. The highest BCUT2D eigenvalue weighted by atomic mass is 32.2. The van der Waals surface area contributed by atoms with E-state index in [1.165, 1.54) is 19.2 Å². The Morgan fingerprint density at radius 1 is 1.11 bits per heavy atom. The Morgan fingerprint density at radius 3 is 2.68 bits per heavy atom. The summed E-state index contributed by atoms with van der Waals surface area (Å²) in [5, 5.41) is 1.12. The standard InChI is InChI=1S/C25H21F3N6O3S/c1-37-19-11-14(20-17(27)3-4-18(21(20)28)34-38(35,36)8-2-6-26)10-16-22(19)32-25(33-23(16)29)15-9-13-5-7-30-24(13)31-12-15/h3-5,7,9-12,34H,2,6,8H2,1H3,(H,30,31)(H2,29,32,33). The molecule has 196 valence electrons. The van der Waals surface area contributed by atoms with Gasteiger partial charge in [-0.2, -0.15) is 0 Å². The van der Waals surface area contributed by atoms with E-state index in [1.54, 1.807) is 12.4 Å². The number of ether oxygens (including phenoxy) is 1. The van der Waals surface area contributed by atoms with E-state index in [2.05, 4.69) is 19.9 Å². The van der Waals surface area contributed by atoms with Crippen molar-refractivity contribution in [3.63, 3.8) is 0 Å². The maximum atomic E-state index is 15.4. The summed E-state index contributed by atoms with van der Waals surface area (Å²) in [6, 6.07) is 8.34. The molecular weight excluding hydrogens is 521 g/mol. The highest BCUT2D eigenvalue weighted by Gasteiger charge is 2.22. The molecule has 3 heterocycles. The van der Waals surface area contributed by atoms with Gasteiger partial charge in [0.1, 0.15) is 28.5 Å². The zero-order valence-electron chi connectivity index (χ0n) is 19.9. The molecule has 0 amide bonds. The number of hydrogen-bond acceptors (Lipinski definition) is 7. The minimum absolute atomic E-state index is 0.0209. The van der Waals surface area contributed by atoms with Crippen LogP contribution in [0.3, 0.4) is 0 Å². The van der Waals surface area contributed by atoms with Gasteiger partial charge in [-0.1, -0.05) is 0 Å².